The van der Waals surface area contributed by atoms with E-state index in [1.807, 2.05) is 13.0 Å². The molecule has 0 radical (unpaired) electrons. The van der Waals surface area contributed by atoms with Crippen molar-refractivity contribution in [2.75, 3.05) is 6.61 Å². The zero-order valence-electron chi connectivity index (χ0n) is 9.67. The number of thiol groups is 1. The summed E-state index contributed by atoms with van der Waals surface area (Å²) in [6.45, 7) is 2.30. The first-order valence-electron chi connectivity index (χ1n) is 5.20. The lowest BCUT2D eigenvalue weighted by molar-refractivity contribution is 0.100. The highest BCUT2D eigenvalue weighted by molar-refractivity contribution is 7.67. The molecule has 0 bridgehead atoms. The fourth-order valence-corrected chi connectivity index (χ4v) is 1.16. The molecule has 1 aromatic rings. The molecular weight excluding hydrogens is 242 g/mol. The maximum atomic E-state index is 10.4. The van der Waals surface area contributed by atoms with E-state index in [1.165, 1.54) is 0 Å². The molecule has 17 heavy (non-hydrogen) atoms. The van der Waals surface area contributed by atoms with Crippen LogP contribution in [0.2, 0.25) is 0 Å². The van der Waals surface area contributed by atoms with Crippen LogP contribution in [0.25, 0.3) is 0 Å². The molecule has 0 unspecified atom stereocenters. The van der Waals surface area contributed by atoms with Gasteiger partial charge in [0.25, 0.3) is 11.0 Å². The smallest absolute Gasteiger partial charge is 0.257 e. The third-order valence-electron chi connectivity index (χ3n) is 1.75. The summed E-state index contributed by atoms with van der Waals surface area (Å²) in [7, 11) is -2.61. The summed E-state index contributed by atoms with van der Waals surface area (Å²) in [5.41, 5.74) is 5.53. The zero-order chi connectivity index (χ0) is 13.1. The zero-order valence-corrected chi connectivity index (χ0v) is 10.6. The number of primary amides is 1. The lowest BCUT2D eigenvalue weighted by atomic mass is 10.2. The number of carbonyl (C=O) groups is 1. The van der Waals surface area contributed by atoms with Gasteiger partial charge in [0, 0.05) is 5.56 Å². The highest BCUT2D eigenvalue weighted by atomic mass is 32.2. The van der Waals surface area contributed by atoms with Crippen LogP contribution in [-0.4, -0.2) is 20.9 Å². The molecule has 0 spiro atoms. The second-order valence-electron chi connectivity index (χ2n) is 3.14. The normalized spacial score (nSPS) is 9.53. The molecule has 0 aromatic heterocycles. The van der Waals surface area contributed by atoms with Crippen LogP contribution in [0.15, 0.2) is 30.3 Å². The summed E-state index contributed by atoms with van der Waals surface area (Å²) in [5, 5.41) is 0. The van der Waals surface area contributed by atoms with Gasteiger partial charge >= 0.3 is 0 Å². The van der Waals surface area contributed by atoms with Crippen molar-refractivity contribution in [3.05, 3.63) is 35.9 Å². The topological polar surface area (TPSA) is 86.5 Å². The van der Waals surface area contributed by atoms with Gasteiger partial charge in [-0.25, -0.2) is 8.42 Å². The summed E-state index contributed by atoms with van der Waals surface area (Å²) in [4.78, 5) is 10.4. The van der Waals surface area contributed by atoms with Gasteiger partial charge in [0.2, 0.25) is 5.91 Å². The van der Waals surface area contributed by atoms with Crippen molar-refractivity contribution in [1.29, 1.82) is 0 Å². The number of carbonyl (C=O) groups excluding carboxylic acids is 1. The van der Waals surface area contributed by atoms with E-state index in [1.54, 1.807) is 24.3 Å². The largest absolute Gasteiger partial charge is 0.366 e. The molecule has 6 heteroatoms. The van der Waals surface area contributed by atoms with Crippen LogP contribution in [0.1, 0.15) is 30.1 Å². The van der Waals surface area contributed by atoms with Crippen LogP contribution < -0.4 is 5.73 Å². The van der Waals surface area contributed by atoms with Gasteiger partial charge < -0.3 is 5.73 Å². The number of benzene rings is 1. The third-order valence-corrected chi connectivity index (χ3v) is 2.15. The number of hydrogen-bond donors (Lipinski definition) is 2. The van der Waals surface area contributed by atoms with Crippen LogP contribution >= 0.6 is 0 Å². The fourth-order valence-electron chi connectivity index (χ4n) is 0.886. The van der Waals surface area contributed by atoms with Gasteiger partial charge in [-0.2, -0.15) is 0 Å². The molecule has 1 rings (SSSR count). The van der Waals surface area contributed by atoms with Crippen LogP contribution in [0.5, 0.6) is 0 Å². The average molecular weight is 259 g/mol. The molecule has 1 amide bonds. The fraction of sp³-hybridized carbons (Fsp3) is 0.364. The minimum atomic E-state index is -2.61. The van der Waals surface area contributed by atoms with E-state index in [4.69, 9.17) is 5.73 Å². The van der Waals surface area contributed by atoms with Crippen molar-refractivity contribution in [2.45, 2.75) is 19.8 Å². The highest BCUT2D eigenvalue weighted by Crippen LogP contribution is 1.94. The van der Waals surface area contributed by atoms with Crippen molar-refractivity contribution < 1.29 is 17.4 Å². The van der Waals surface area contributed by atoms with Crippen LogP contribution in [0.4, 0.5) is 0 Å². The van der Waals surface area contributed by atoms with Gasteiger partial charge in [-0.1, -0.05) is 31.5 Å². The number of amides is 1. The Kier molecular flexibility index (Phi) is 8.99. The van der Waals surface area contributed by atoms with Gasteiger partial charge in [0.05, 0.1) is 6.61 Å². The standard InChI is InChI=1S/C7H7NO.C4H10O3S/c8-7(9)6-4-2-1-3-5-6;1-2-3-4-7-8(5)6/h1-5H,(H2,8,9);8H,2-4H2,1H3. The number of unbranched alkanes of at least 4 members (excludes halogenated alkanes) is 1. The van der Waals surface area contributed by atoms with E-state index in [-0.39, 0.29) is 5.91 Å². The van der Waals surface area contributed by atoms with E-state index in [0.717, 1.165) is 12.8 Å². The number of nitrogens with two attached hydrogens (primary N) is 1. The van der Waals surface area contributed by atoms with E-state index >= 15 is 0 Å². The summed E-state index contributed by atoms with van der Waals surface area (Å²) in [6.07, 6.45) is 1.77. The number of rotatable bonds is 5. The molecule has 0 aliphatic rings. The van der Waals surface area contributed by atoms with E-state index in [2.05, 4.69) is 4.18 Å². The Labute approximate surface area is 103 Å². The number of hydrogen-bond acceptors (Lipinski definition) is 4. The first-order valence-corrected chi connectivity index (χ1v) is 6.29. The molecular formula is C11H17NO4S. The Morgan fingerprint density at radius 1 is 1.29 bits per heavy atom. The Balaban J connectivity index is 0.000000304. The molecule has 1 aromatic carbocycles. The van der Waals surface area contributed by atoms with E-state index < -0.39 is 11.0 Å². The Morgan fingerprint density at radius 3 is 2.24 bits per heavy atom. The lowest BCUT2D eigenvalue weighted by Crippen LogP contribution is -2.09. The monoisotopic (exact) mass is 259 g/mol. The summed E-state index contributed by atoms with van der Waals surface area (Å²) in [6, 6.07) is 8.76. The summed E-state index contributed by atoms with van der Waals surface area (Å²) >= 11 is 0. The maximum absolute atomic E-state index is 10.4. The van der Waals surface area contributed by atoms with E-state index in [9.17, 15) is 13.2 Å². The average Bonchev–Trinajstić information content (AvgIpc) is 2.31. The van der Waals surface area contributed by atoms with Crippen LogP contribution in [0.3, 0.4) is 0 Å². The second kappa shape index (κ2) is 9.80. The molecule has 0 fully saturated rings. The van der Waals surface area contributed by atoms with Crippen LogP contribution in [0, 0.1) is 0 Å². The molecule has 0 aliphatic carbocycles. The SMILES string of the molecule is CCCCO[SH](=O)=O.NC(=O)c1ccccc1. The third kappa shape index (κ3) is 9.52. The quantitative estimate of drug-likeness (QED) is 0.612. The minimum absolute atomic E-state index is 0.329. The van der Waals surface area contributed by atoms with Crippen molar-refractivity contribution in [3.63, 3.8) is 0 Å². The molecule has 5 nitrogen and oxygen atoms in total. The van der Waals surface area contributed by atoms with Crippen molar-refractivity contribution in [2.24, 2.45) is 5.73 Å². The lowest BCUT2D eigenvalue weighted by Gasteiger charge is -1.89. The Morgan fingerprint density at radius 2 is 1.88 bits per heavy atom. The first-order chi connectivity index (χ1) is 8.07. The van der Waals surface area contributed by atoms with Crippen molar-refractivity contribution in [1.82, 2.24) is 0 Å². The first kappa shape index (κ1) is 15.6. The van der Waals surface area contributed by atoms with Crippen LogP contribution in [-0.2, 0) is 15.2 Å². The predicted molar refractivity (Wildman–Crippen MR) is 66.1 cm³/mol. The van der Waals surface area contributed by atoms with Crippen molar-refractivity contribution >= 4 is 16.9 Å². The van der Waals surface area contributed by atoms with Gasteiger partial charge in [0.1, 0.15) is 0 Å². The van der Waals surface area contributed by atoms with Gasteiger partial charge in [-0.15, -0.1) is 0 Å². The summed E-state index contributed by atoms with van der Waals surface area (Å²) < 4.78 is 23.6. The predicted octanol–water partition coefficient (Wildman–Crippen LogP) is 1.11. The molecule has 0 saturated carbocycles. The second-order valence-corrected chi connectivity index (χ2v) is 3.85. The van der Waals surface area contributed by atoms with Gasteiger partial charge in [-0.3, -0.25) is 8.98 Å². The molecule has 96 valence electrons. The van der Waals surface area contributed by atoms with E-state index in [0.29, 0.717) is 12.2 Å². The Hall–Kier alpha value is -1.40. The Bertz CT molecular complexity index is 382. The molecule has 2 N–H and O–H groups in total. The molecule has 0 heterocycles. The molecule has 0 aliphatic heterocycles. The van der Waals surface area contributed by atoms with Crippen molar-refractivity contribution in [3.8, 4) is 0 Å². The maximum Gasteiger partial charge on any atom is 0.257 e. The summed E-state index contributed by atoms with van der Waals surface area (Å²) in [5.74, 6) is -0.379. The molecule has 0 saturated heterocycles. The highest BCUT2D eigenvalue weighted by Gasteiger charge is 1.93. The van der Waals surface area contributed by atoms with Gasteiger partial charge in [-0.05, 0) is 18.6 Å². The van der Waals surface area contributed by atoms with Gasteiger partial charge in [0.15, 0.2) is 0 Å². The molecule has 0 atom stereocenters. The minimum Gasteiger partial charge on any atom is -0.366 e.